The van der Waals surface area contributed by atoms with Crippen LogP contribution >= 0.6 is 0 Å². The second kappa shape index (κ2) is 40.7. The van der Waals surface area contributed by atoms with Crippen molar-refractivity contribution >= 4 is 0 Å². The second-order valence-electron chi connectivity index (χ2n) is 15.8. The minimum absolute atomic E-state index is 0.0142. The van der Waals surface area contributed by atoms with E-state index in [9.17, 15) is 15.3 Å². The fourth-order valence-corrected chi connectivity index (χ4v) is 7.86. The molecule has 0 spiro atoms. The van der Waals surface area contributed by atoms with Gasteiger partial charge in [-0.2, -0.15) is 0 Å². The Hall–Kier alpha value is -12.0. The summed E-state index contributed by atoms with van der Waals surface area (Å²) < 4.78 is 0. The highest BCUT2D eigenvalue weighted by Crippen LogP contribution is 2.44. The van der Waals surface area contributed by atoms with Crippen molar-refractivity contribution in [2.45, 2.75) is 82.5 Å². The van der Waals surface area contributed by atoms with E-state index in [0.29, 0.717) is 51.4 Å². The van der Waals surface area contributed by atoms with Crippen molar-refractivity contribution in [1.82, 2.24) is 0 Å². The molecule has 3 N–H and O–H groups in total. The van der Waals surface area contributed by atoms with Gasteiger partial charge in [0.15, 0.2) is 0 Å². The van der Waals surface area contributed by atoms with E-state index in [-0.39, 0.29) is 41.4 Å². The highest BCUT2D eigenvalue weighted by atomic mass is 16.3. The third kappa shape index (κ3) is 29.1. The molecular weight excluding hydrogens is 937 g/mol. The van der Waals surface area contributed by atoms with Gasteiger partial charge in [-0.25, -0.2) is 0 Å². The molecule has 77 heavy (non-hydrogen) atoms. The maximum absolute atomic E-state index is 12.0. The summed E-state index contributed by atoms with van der Waals surface area (Å²) in [6.07, 6.45) is 19.6. The molecule has 0 saturated heterocycles. The van der Waals surface area contributed by atoms with E-state index < -0.39 is 18.3 Å². The van der Waals surface area contributed by atoms with Crippen LogP contribution in [0.1, 0.15) is 64.2 Å². The SMILES string of the molecule is C#CC#CC#CC#CC#CC#CC#CC#CC#CC1CCC(O)C(CC2CC(C#CC#CC#CC#CC#CC#CC#CC#CC#C)CC(CC3CC(C#CC#CC#CC#CC#CC#CC#CC#CC#C)CCC3O)C2O)C1. The summed E-state index contributed by atoms with van der Waals surface area (Å²) >= 11 is 0. The van der Waals surface area contributed by atoms with Crippen LogP contribution in [0.4, 0.5) is 0 Å². The van der Waals surface area contributed by atoms with Gasteiger partial charge in [0.2, 0.25) is 0 Å². The van der Waals surface area contributed by atoms with Gasteiger partial charge >= 0.3 is 0 Å². The Labute approximate surface area is 458 Å². The Morgan fingerprint density at radius 2 is 0.429 bits per heavy atom. The Bertz CT molecular complexity index is 3890. The number of terminal acetylenes is 3. The number of hydrogen-bond donors (Lipinski definition) is 3. The highest BCUT2D eigenvalue weighted by molar-refractivity contribution is 5.50. The summed E-state index contributed by atoms with van der Waals surface area (Å²) in [7, 11) is 0. The van der Waals surface area contributed by atoms with Gasteiger partial charge < -0.3 is 15.3 Å². The standard InChI is InChI=1S/C74H36O3/c1-4-7-10-13-16-19-22-25-28-31-34-37-40-43-46-49-52-65-55-57-72(75)68(59-65)63-70-61-67(54-51-48-45-42-39-36-33-30-27-24-21-18-15-12-9-6-3)62-71(74(70)77)64-69-60-66(56-58-73(69)76)53-50-47-44-41-38-35-32-29-26-23-20-17-14-11-8-5-2/h1-3,65-77H,55-64H2. The number of rotatable bonds is 4. The normalized spacial score (nSPS) is 19.6. The van der Waals surface area contributed by atoms with Gasteiger partial charge in [-0.3, -0.25) is 0 Å². The van der Waals surface area contributed by atoms with Crippen LogP contribution in [0.5, 0.6) is 0 Å². The van der Waals surface area contributed by atoms with Crippen LogP contribution in [0.2, 0.25) is 0 Å². The first kappa shape index (κ1) is 59.3. The average Bonchev–Trinajstić information content (AvgIpc) is 3.43. The van der Waals surface area contributed by atoms with Crippen molar-refractivity contribution in [1.29, 1.82) is 0 Å². The van der Waals surface area contributed by atoms with Gasteiger partial charge in [0.05, 0.1) is 18.3 Å². The molecule has 3 aliphatic rings. The Kier molecular flexibility index (Phi) is 31.4. The van der Waals surface area contributed by atoms with Crippen LogP contribution < -0.4 is 0 Å². The average molecular weight is 973 g/mol. The zero-order valence-electron chi connectivity index (χ0n) is 41.4. The van der Waals surface area contributed by atoms with Crippen molar-refractivity contribution in [2.24, 2.45) is 41.4 Å². The molecule has 350 valence electrons. The summed E-state index contributed by atoms with van der Waals surface area (Å²) in [6.45, 7) is 0. The Morgan fingerprint density at radius 1 is 0.234 bits per heavy atom. The molecule has 8 unspecified atom stereocenters. The van der Waals surface area contributed by atoms with E-state index in [0.717, 1.165) is 12.8 Å². The molecule has 3 nitrogen and oxygen atoms in total. The predicted molar refractivity (Wildman–Crippen MR) is 302 cm³/mol. The molecule has 8 atom stereocenters. The summed E-state index contributed by atoms with van der Waals surface area (Å²) in [5, 5.41) is 34.5. The molecular formula is C74H36O3. The molecule has 3 heteroatoms. The monoisotopic (exact) mass is 972 g/mol. The van der Waals surface area contributed by atoms with Crippen LogP contribution in [0.15, 0.2) is 0 Å². The third-order valence-corrected chi connectivity index (χ3v) is 10.9. The fourth-order valence-electron chi connectivity index (χ4n) is 7.86. The highest BCUT2D eigenvalue weighted by Gasteiger charge is 2.42. The van der Waals surface area contributed by atoms with Gasteiger partial charge in [-0.1, -0.05) is 17.8 Å². The van der Waals surface area contributed by atoms with Gasteiger partial charge in [-0.05, 0) is 372 Å². The van der Waals surface area contributed by atoms with Crippen LogP contribution in [-0.4, -0.2) is 33.6 Å². The molecule has 0 aromatic carbocycles. The minimum Gasteiger partial charge on any atom is -0.393 e. The van der Waals surface area contributed by atoms with Crippen LogP contribution in [-0.2, 0) is 0 Å². The lowest BCUT2D eigenvalue weighted by molar-refractivity contribution is -0.0450. The molecule has 0 amide bonds. The molecule has 3 aliphatic carbocycles. The van der Waals surface area contributed by atoms with Crippen molar-refractivity contribution in [3.05, 3.63) is 0 Å². The van der Waals surface area contributed by atoms with Crippen molar-refractivity contribution in [2.75, 3.05) is 0 Å². The maximum Gasteiger partial charge on any atom is 0.0597 e. The summed E-state index contributed by atoms with van der Waals surface area (Å²) in [5.74, 6) is 132. The second-order valence-corrected chi connectivity index (χ2v) is 15.8. The first-order chi connectivity index (χ1) is 37.9. The number of aliphatic hydroxyl groups excluding tert-OH is 3. The van der Waals surface area contributed by atoms with Gasteiger partial charge in [0, 0.05) is 17.8 Å². The lowest BCUT2D eigenvalue weighted by atomic mass is 9.64. The van der Waals surface area contributed by atoms with E-state index in [1.54, 1.807) is 0 Å². The van der Waals surface area contributed by atoms with Crippen LogP contribution in [0.3, 0.4) is 0 Å². The van der Waals surface area contributed by atoms with Crippen LogP contribution in [0.25, 0.3) is 0 Å². The molecule has 0 radical (unpaired) electrons. The molecule has 0 heterocycles. The topological polar surface area (TPSA) is 60.7 Å². The number of aliphatic hydroxyl groups is 3. The largest absolute Gasteiger partial charge is 0.393 e. The molecule has 3 saturated carbocycles. The number of hydrogen-bond acceptors (Lipinski definition) is 3. The molecule has 0 aromatic rings. The van der Waals surface area contributed by atoms with Gasteiger partial charge in [-0.15, -0.1) is 19.3 Å². The van der Waals surface area contributed by atoms with E-state index in [2.05, 4.69) is 302 Å². The molecule has 0 aliphatic heterocycles. The third-order valence-electron chi connectivity index (χ3n) is 10.9. The lowest BCUT2D eigenvalue weighted by Gasteiger charge is -2.43. The first-order valence-electron chi connectivity index (χ1n) is 23.4. The summed E-state index contributed by atoms with van der Waals surface area (Å²) in [5.41, 5.74) is 0. The smallest absolute Gasteiger partial charge is 0.0597 e. The van der Waals surface area contributed by atoms with Gasteiger partial charge in [0.1, 0.15) is 0 Å². The predicted octanol–water partition coefficient (Wildman–Crippen LogP) is 3.31. The van der Waals surface area contributed by atoms with E-state index in [1.165, 1.54) is 0 Å². The lowest BCUT2D eigenvalue weighted by Crippen LogP contribution is -2.42. The summed E-state index contributed by atoms with van der Waals surface area (Å²) in [6, 6.07) is 0. The molecule has 0 aromatic heterocycles. The maximum atomic E-state index is 12.0. The zero-order chi connectivity index (χ0) is 54.9. The van der Waals surface area contributed by atoms with E-state index >= 15 is 0 Å². The van der Waals surface area contributed by atoms with Crippen molar-refractivity contribution < 1.29 is 15.3 Å². The molecule has 3 rings (SSSR count). The molecule has 0 bridgehead atoms. The van der Waals surface area contributed by atoms with Crippen LogP contribution in [0, 0.1) is 363 Å². The summed E-state index contributed by atoms with van der Waals surface area (Å²) in [4.78, 5) is 0. The Balaban J connectivity index is 1.74. The Morgan fingerprint density at radius 3 is 0.662 bits per heavy atom. The van der Waals surface area contributed by atoms with E-state index in [1.807, 2.05) is 0 Å². The van der Waals surface area contributed by atoms with Gasteiger partial charge in [0.25, 0.3) is 0 Å². The minimum atomic E-state index is -0.674. The zero-order valence-corrected chi connectivity index (χ0v) is 41.4. The first-order valence-corrected chi connectivity index (χ1v) is 23.4. The van der Waals surface area contributed by atoms with Crippen molar-refractivity contribution in [3.8, 4) is 321 Å². The van der Waals surface area contributed by atoms with Crippen molar-refractivity contribution in [3.63, 3.8) is 0 Å². The molecule has 3 fully saturated rings. The van der Waals surface area contributed by atoms with E-state index in [4.69, 9.17) is 19.3 Å². The quantitative estimate of drug-likeness (QED) is 0.380. The fraction of sp³-hybridized carbons (Fsp3) is 0.270.